The monoisotopic (exact) mass is 253 g/mol. The van der Waals surface area contributed by atoms with Crippen molar-refractivity contribution in [3.8, 4) is 0 Å². The van der Waals surface area contributed by atoms with Crippen molar-refractivity contribution in [1.82, 2.24) is 15.2 Å². The minimum Gasteiger partial charge on any atom is -0.352 e. The highest BCUT2D eigenvalue weighted by Crippen LogP contribution is 2.20. The zero-order valence-corrected chi connectivity index (χ0v) is 11.2. The van der Waals surface area contributed by atoms with E-state index >= 15 is 0 Å². The van der Waals surface area contributed by atoms with E-state index in [9.17, 15) is 0 Å². The van der Waals surface area contributed by atoms with Gasteiger partial charge in [-0.15, -0.1) is 5.10 Å². The SMILES string of the molecule is C=NN.CN(C)c1n[nH]c(NC2CCCCC2)n1. The number of rotatable bonds is 3. The highest BCUT2D eigenvalue weighted by molar-refractivity contribution is 5.35. The molecule has 0 aromatic carbocycles. The Balaban J connectivity index is 0.000000492. The van der Waals surface area contributed by atoms with E-state index in [2.05, 4.69) is 38.2 Å². The van der Waals surface area contributed by atoms with Crippen LogP contribution in [0.5, 0.6) is 0 Å². The topological polar surface area (TPSA) is 95.2 Å². The second-order valence-electron chi connectivity index (χ2n) is 4.54. The van der Waals surface area contributed by atoms with Gasteiger partial charge < -0.3 is 16.1 Å². The number of anilines is 2. The molecule has 18 heavy (non-hydrogen) atoms. The molecule has 0 unspecified atom stereocenters. The fraction of sp³-hybridized carbons (Fsp3) is 0.727. The zero-order valence-electron chi connectivity index (χ0n) is 11.2. The predicted molar refractivity (Wildman–Crippen MR) is 74.9 cm³/mol. The molecule has 0 bridgehead atoms. The quantitative estimate of drug-likeness (QED) is 0.427. The van der Waals surface area contributed by atoms with Gasteiger partial charge in [0.1, 0.15) is 0 Å². The van der Waals surface area contributed by atoms with E-state index in [4.69, 9.17) is 0 Å². The number of nitrogens with one attached hydrogen (secondary N) is 2. The molecule has 0 amide bonds. The number of nitrogens with zero attached hydrogens (tertiary/aromatic N) is 4. The normalized spacial score (nSPS) is 15.4. The lowest BCUT2D eigenvalue weighted by molar-refractivity contribution is 0.461. The van der Waals surface area contributed by atoms with E-state index in [1.54, 1.807) is 0 Å². The molecule has 1 heterocycles. The average molecular weight is 253 g/mol. The van der Waals surface area contributed by atoms with Gasteiger partial charge in [0.2, 0.25) is 11.9 Å². The van der Waals surface area contributed by atoms with Gasteiger partial charge in [-0.1, -0.05) is 19.3 Å². The molecule has 1 aliphatic carbocycles. The van der Waals surface area contributed by atoms with E-state index in [0.717, 1.165) is 11.9 Å². The first-order valence-electron chi connectivity index (χ1n) is 6.19. The van der Waals surface area contributed by atoms with Crippen LogP contribution in [-0.4, -0.2) is 42.0 Å². The molecule has 0 spiro atoms. The molecule has 1 aromatic rings. The smallest absolute Gasteiger partial charge is 0.245 e. The van der Waals surface area contributed by atoms with Crippen molar-refractivity contribution < 1.29 is 0 Å². The van der Waals surface area contributed by atoms with Gasteiger partial charge >= 0.3 is 0 Å². The first kappa shape index (κ1) is 14.3. The lowest BCUT2D eigenvalue weighted by atomic mass is 9.96. The summed E-state index contributed by atoms with van der Waals surface area (Å²) in [6.07, 6.45) is 6.52. The molecule has 2 rings (SSSR count). The van der Waals surface area contributed by atoms with Crippen LogP contribution in [0.4, 0.5) is 11.9 Å². The summed E-state index contributed by atoms with van der Waals surface area (Å²) in [5.74, 6) is 5.89. The Morgan fingerprint density at radius 2 is 2.00 bits per heavy atom. The summed E-state index contributed by atoms with van der Waals surface area (Å²) < 4.78 is 0. The minimum atomic E-state index is 0.571. The number of nitrogens with two attached hydrogens (primary N) is 1. The molecule has 0 radical (unpaired) electrons. The maximum absolute atomic E-state index is 4.36. The van der Waals surface area contributed by atoms with Crippen molar-refractivity contribution in [2.45, 2.75) is 38.1 Å². The molecule has 0 aliphatic heterocycles. The standard InChI is InChI=1S/C10H19N5.CH4N2/c1-15(2)10-12-9(13-14-10)11-8-6-4-3-5-7-8;1-3-2/h8H,3-7H2,1-2H3,(H2,11,12,13,14);1-2H2. The Bertz CT molecular complexity index is 341. The Hall–Kier alpha value is -1.79. The van der Waals surface area contributed by atoms with Gasteiger partial charge in [-0.2, -0.15) is 10.1 Å². The average Bonchev–Trinajstić information content (AvgIpc) is 2.80. The molecule has 7 heteroatoms. The highest BCUT2D eigenvalue weighted by Gasteiger charge is 2.14. The first-order valence-corrected chi connectivity index (χ1v) is 6.19. The molecular weight excluding hydrogens is 230 g/mol. The number of hydrogen-bond donors (Lipinski definition) is 3. The fourth-order valence-electron chi connectivity index (χ4n) is 1.96. The van der Waals surface area contributed by atoms with Crippen molar-refractivity contribution >= 4 is 18.6 Å². The summed E-state index contributed by atoms with van der Waals surface area (Å²) in [5, 5.41) is 13.2. The third kappa shape index (κ3) is 4.60. The molecule has 4 N–H and O–H groups in total. The molecule has 7 nitrogen and oxygen atoms in total. The van der Waals surface area contributed by atoms with Crippen LogP contribution in [0.3, 0.4) is 0 Å². The first-order chi connectivity index (χ1) is 8.67. The van der Waals surface area contributed by atoms with Gasteiger partial charge in [-0.25, -0.2) is 5.10 Å². The van der Waals surface area contributed by atoms with E-state index in [-0.39, 0.29) is 0 Å². The van der Waals surface area contributed by atoms with Crippen molar-refractivity contribution in [2.24, 2.45) is 10.9 Å². The maximum Gasteiger partial charge on any atom is 0.245 e. The predicted octanol–water partition coefficient (Wildman–Crippen LogP) is 1.18. The van der Waals surface area contributed by atoms with Crippen LogP contribution in [-0.2, 0) is 0 Å². The minimum absolute atomic E-state index is 0.571. The Morgan fingerprint density at radius 1 is 1.39 bits per heavy atom. The Morgan fingerprint density at radius 3 is 2.50 bits per heavy atom. The molecule has 0 atom stereocenters. The van der Waals surface area contributed by atoms with E-state index in [0.29, 0.717) is 6.04 Å². The lowest BCUT2D eigenvalue weighted by Crippen LogP contribution is -2.22. The third-order valence-electron chi connectivity index (χ3n) is 2.82. The number of hydrogen-bond acceptors (Lipinski definition) is 6. The van der Waals surface area contributed by atoms with Crippen LogP contribution in [0.2, 0.25) is 0 Å². The fourth-order valence-corrected chi connectivity index (χ4v) is 1.96. The van der Waals surface area contributed by atoms with Gasteiger partial charge in [0.25, 0.3) is 0 Å². The zero-order chi connectivity index (χ0) is 13.4. The summed E-state index contributed by atoms with van der Waals surface area (Å²) in [5.41, 5.74) is 0. The molecular formula is C11H23N7. The van der Waals surface area contributed by atoms with Crippen LogP contribution in [0.15, 0.2) is 5.10 Å². The van der Waals surface area contributed by atoms with Crippen LogP contribution >= 0.6 is 0 Å². The van der Waals surface area contributed by atoms with Crippen LogP contribution in [0, 0.1) is 0 Å². The molecule has 102 valence electrons. The van der Waals surface area contributed by atoms with E-state index in [1.165, 1.54) is 32.1 Å². The molecule has 1 aliphatic rings. The van der Waals surface area contributed by atoms with Gasteiger partial charge in [0.05, 0.1) is 0 Å². The molecule has 0 saturated heterocycles. The van der Waals surface area contributed by atoms with Crippen LogP contribution < -0.4 is 16.1 Å². The van der Waals surface area contributed by atoms with Gasteiger partial charge in [-0.05, 0) is 12.8 Å². The highest BCUT2D eigenvalue weighted by atomic mass is 15.4. The number of hydrazone groups is 1. The van der Waals surface area contributed by atoms with Crippen LogP contribution in [0.25, 0.3) is 0 Å². The number of aromatic amines is 1. The van der Waals surface area contributed by atoms with Gasteiger partial charge in [0, 0.05) is 26.9 Å². The largest absolute Gasteiger partial charge is 0.352 e. The summed E-state index contributed by atoms with van der Waals surface area (Å²) in [6.45, 7) is 2.89. The third-order valence-corrected chi connectivity index (χ3v) is 2.82. The number of aromatic nitrogens is 3. The number of H-pyrrole nitrogens is 1. The summed E-state index contributed by atoms with van der Waals surface area (Å²) in [6, 6.07) is 0.571. The molecule has 1 fully saturated rings. The second kappa shape index (κ2) is 7.52. The van der Waals surface area contributed by atoms with Gasteiger partial charge in [-0.3, -0.25) is 0 Å². The second-order valence-corrected chi connectivity index (χ2v) is 4.54. The Labute approximate surface area is 108 Å². The van der Waals surface area contributed by atoms with E-state index < -0.39 is 0 Å². The van der Waals surface area contributed by atoms with Crippen LogP contribution in [0.1, 0.15) is 32.1 Å². The maximum atomic E-state index is 4.36. The van der Waals surface area contributed by atoms with E-state index in [1.807, 2.05) is 19.0 Å². The van der Waals surface area contributed by atoms with Crippen molar-refractivity contribution in [2.75, 3.05) is 24.3 Å². The molecule has 1 saturated carbocycles. The van der Waals surface area contributed by atoms with Gasteiger partial charge in [0.15, 0.2) is 0 Å². The molecule has 1 aromatic heterocycles. The van der Waals surface area contributed by atoms with Crippen molar-refractivity contribution in [1.29, 1.82) is 0 Å². The van der Waals surface area contributed by atoms with Crippen molar-refractivity contribution in [3.63, 3.8) is 0 Å². The summed E-state index contributed by atoms with van der Waals surface area (Å²) >= 11 is 0. The summed E-state index contributed by atoms with van der Waals surface area (Å²) in [4.78, 5) is 6.24. The Kier molecular flexibility index (Phi) is 5.96. The lowest BCUT2D eigenvalue weighted by Gasteiger charge is -2.21. The summed E-state index contributed by atoms with van der Waals surface area (Å²) in [7, 11) is 3.88. The van der Waals surface area contributed by atoms with Crippen molar-refractivity contribution in [3.05, 3.63) is 0 Å².